The van der Waals surface area contributed by atoms with Crippen molar-refractivity contribution in [3.05, 3.63) is 28.8 Å². The van der Waals surface area contributed by atoms with Gasteiger partial charge in [0.1, 0.15) is 5.75 Å². The summed E-state index contributed by atoms with van der Waals surface area (Å²) >= 11 is 6.09. The molecule has 1 atom stereocenters. The van der Waals surface area contributed by atoms with Crippen molar-refractivity contribution in [2.24, 2.45) is 5.73 Å². The van der Waals surface area contributed by atoms with Gasteiger partial charge in [-0.05, 0) is 44.9 Å². The molecule has 1 aromatic rings. The van der Waals surface area contributed by atoms with Crippen LogP contribution in [0.1, 0.15) is 26.3 Å². The highest BCUT2D eigenvalue weighted by Gasteiger charge is 2.06. The van der Waals surface area contributed by atoms with Crippen LogP contribution in [0.3, 0.4) is 0 Å². The molecule has 0 radical (unpaired) electrons. The van der Waals surface area contributed by atoms with Crippen molar-refractivity contribution >= 4 is 11.6 Å². The van der Waals surface area contributed by atoms with E-state index in [2.05, 4.69) is 0 Å². The molecule has 0 amide bonds. The summed E-state index contributed by atoms with van der Waals surface area (Å²) in [6.07, 6.45) is 0.976. The summed E-state index contributed by atoms with van der Waals surface area (Å²) in [5.41, 5.74) is 6.86. The zero-order valence-electron chi connectivity index (χ0n) is 9.46. The number of hydrogen-bond donors (Lipinski definition) is 1. The molecule has 1 unspecified atom stereocenters. The van der Waals surface area contributed by atoms with Crippen LogP contribution in [-0.2, 0) is 6.42 Å². The predicted molar refractivity (Wildman–Crippen MR) is 64.6 cm³/mol. The molecular weight excluding hydrogens is 210 g/mol. The minimum Gasteiger partial charge on any atom is -0.489 e. The van der Waals surface area contributed by atoms with Crippen molar-refractivity contribution in [3.63, 3.8) is 0 Å². The third-order valence-electron chi connectivity index (χ3n) is 1.92. The van der Waals surface area contributed by atoms with E-state index in [-0.39, 0.29) is 12.1 Å². The van der Waals surface area contributed by atoms with Crippen molar-refractivity contribution < 1.29 is 4.74 Å². The smallest absolute Gasteiger partial charge is 0.138 e. The maximum atomic E-state index is 6.09. The van der Waals surface area contributed by atoms with Crippen molar-refractivity contribution in [2.45, 2.75) is 39.3 Å². The standard InChI is InChI=1S/C12H18ClNO/c1-8(2)15-12-5-4-10(6-9(3)14)7-11(12)13/h4-5,7-9H,6,14H2,1-3H3. The molecule has 0 aliphatic rings. The van der Waals surface area contributed by atoms with Crippen LogP contribution < -0.4 is 10.5 Å². The van der Waals surface area contributed by atoms with Gasteiger partial charge in [0.2, 0.25) is 0 Å². The topological polar surface area (TPSA) is 35.2 Å². The molecule has 2 N–H and O–H groups in total. The second kappa shape index (κ2) is 5.38. The highest BCUT2D eigenvalue weighted by molar-refractivity contribution is 6.32. The second-order valence-electron chi connectivity index (χ2n) is 4.11. The van der Waals surface area contributed by atoms with Gasteiger partial charge < -0.3 is 10.5 Å². The maximum absolute atomic E-state index is 6.09. The molecule has 0 aromatic heterocycles. The number of benzene rings is 1. The normalized spacial score (nSPS) is 12.9. The fourth-order valence-electron chi connectivity index (χ4n) is 1.39. The zero-order chi connectivity index (χ0) is 11.4. The molecule has 0 fully saturated rings. The first-order chi connectivity index (χ1) is 6.99. The number of halogens is 1. The minimum atomic E-state index is 0.141. The van der Waals surface area contributed by atoms with E-state index >= 15 is 0 Å². The zero-order valence-corrected chi connectivity index (χ0v) is 10.2. The SMILES string of the molecule is CC(N)Cc1ccc(OC(C)C)c(Cl)c1. The summed E-state index contributed by atoms with van der Waals surface area (Å²) in [6.45, 7) is 5.94. The quantitative estimate of drug-likeness (QED) is 0.858. The third kappa shape index (κ3) is 4.10. The second-order valence-corrected chi connectivity index (χ2v) is 4.52. The van der Waals surface area contributed by atoms with E-state index in [9.17, 15) is 0 Å². The predicted octanol–water partition coefficient (Wildman–Crippen LogP) is 3.02. The van der Waals surface area contributed by atoms with Gasteiger partial charge in [-0.1, -0.05) is 17.7 Å². The Kier molecular flexibility index (Phi) is 4.43. The van der Waals surface area contributed by atoms with Crippen LogP contribution in [0.5, 0.6) is 5.75 Å². The molecule has 2 nitrogen and oxygen atoms in total. The first-order valence-corrected chi connectivity index (χ1v) is 5.57. The van der Waals surface area contributed by atoms with E-state index in [1.54, 1.807) is 0 Å². The summed E-state index contributed by atoms with van der Waals surface area (Å²) in [5.74, 6) is 0.736. The number of hydrogen-bond acceptors (Lipinski definition) is 2. The van der Waals surface area contributed by atoms with Gasteiger partial charge in [-0.2, -0.15) is 0 Å². The van der Waals surface area contributed by atoms with Gasteiger partial charge in [-0.3, -0.25) is 0 Å². The fourth-order valence-corrected chi connectivity index (χ4v) is 1.64. The Balaban J connectivity index is 2.78. The van der Waals surface area contributed by atoms with Gasteiger partial charge >= 0.3 is 0 Å². The molecule has 0 aliphatic heterocycles. The number of nitrogens with two attached hydrogens (primary N) is 1. The van der Waals surface area contributed by atoms with E-state index in [1.807, 2.05) is 39.0 Å². The van der Waals surface area contributed by atoms with Crippen molar-refractivity contribution in [3.8, 4) is 5.75 Å². The lowest BCUT2D eigenvalue weighted by molar-refractivity contribution is 0.242. The molecule has 0 saturated carbocycles. The van der Waals surface area contributed by atoms with E-state index in [0.717, 1.165) is 17.7 Å². The lowest BCUT2D eigenvalue weighted by Crippen LogP contribution is -2.17. The average molecular weight is 228 g/mol. The Labute approximate surface area is 96.4 Å². The summed E-state index contributed by atoms with van der Waals surface area (Å²) in [7, 11) is 0. The summed E-state index contributed by atoms with van der Waals surface area (Å²) < 4.78 is 5.54. The van der Waals surface area contributed by atoms with Crippen molar-refractivity contribution in [2.75, 3.05) is 0 Å². The molecule has 0 saturated heterocycles. The average Bonchev–Trinajstić information content (AvgIpc) is 2.08. The van der Waals surface area contributed by atoms with Crippen LogP contribution in [0.4, 0.5) is 0 Å². The summed E-state index contributed by atoms with van der Waals surface area (Å²) in [5, 5.41) is 0.654. The Morgan fingerprint density at radius 2 is 2.00 bits per heavy atom. The van der Waals surface area contributed by atoms with E-state index in [1.165, 1.54) is 0 Å². The van der Waals surface area contributed by atoms with Gasteiger partial charge in [0.05, 0.1) is 11.1 Å². The summed E-state index contributed by atoms with van der Waals surface area (Å²) in [6, 6.07) is 5.98. The molecule has 1 aromatic carbocycles. The Morgan fingerprint density at radius 1 is 1.33 bits per heavy atom. The molecule has 0 bridgehead atoms. The lowest BCUT2D eigenvalue weighted by atomic mass is 10.1. The molecular formula is C12H18ClNO. The van der Waals surface area contributed by atoms with Crippen LogP contribution in [0.2, 0.25) is 5.02 Å². The van der Waals surface area contributed by atoms with Gasteiger partial charge in [0.15, 0.2) is 0 Å². The van der Waals surface area contributed by atoms with E-state index in [4.69, 9.17) is 22.1 Å². The van der Waals surface area contributed by atoms with Gasteiger partial charge in [0, 0.05) is 6.04 Å². The van der Waals surface area contributed by atoms with Crippen LogP contribution >= 0.6 is 11.6 Å². The Bertz CT molecular complexity index is 323. The molecule has 0 spiro atoms. The third-order valence-corrected chi connectivity index (χ3v) is 2.21. The van der Waals surface area contributed by atoms with Gasteiger partial charge in [0.25, 0.3) is 0 Å². The van der Waals surface area contributed by atoms with Crippen molar-refractivity contribution in [1.29, 1.82) is 0 Å². The molecule has 3 heteroatoms. The highest BCUT2D eigenvalue weighted by atomic mass is 35.5. The van der Waals surface area contributed by atoms with Crippen LogP contribution in [0, 0.1) is 0 Å². The first kappa shape index (κ1) is 12.3. The van der Waals surface area contributed by atoms with Crippen LogP contribution in [0.15, 0.2) is 18.2 Å². The minimum absolute atomic E-state index is 0.141. The molecule has 1 rings (SSSR count). The Hall–Kier alpha value is -0.730. The Morgan fingerprint density at radius 3 is 2.47 bits per heavy atom. The number of rotatable bonds is 4. The van der Waals surface area contributed by atoms with Gasteiger partial charge in [-0.25, -0.2) is 0 Å². The molecule has 15 heavy (non-hydrogen) atoms. The van der Waals surface area contributed by atoms with E-state index in [0.29, 0.717) is 5.02 Å². The lowest BCUT2D eigenvalue weighted by Gasteiger charge is -2.12. The fraction of sp³-hybridized carbons (Fsp3) is 0.500. The monoisotopic (exact) mass is 227 g/mol. The molecule has 84 valence electrons. The van der Waals surface area contributed by atoms with Crippen LogP contribution in [-0.4, -0.2) is 12.1 Å². The first-order valence-electron chi connectivity index (χ1n) is 5.19. The maximum Gasteiger partial charge on any atom is 0.138 e. The highest BCUT2D eigenvalue weighted by Crippen LogP contribution is 2.26. The number of ether oxygens (including phenoxy) is 1. The largest absolute Gasteiger partial charge is 0.489 e. The van der Waals surface area contributed by atoms with Crippen LogP contribution in [0.25, 0.3) is 0 Å². The van der Waals surface area contributed by atoms with E-state index < -0.39 is 0 Å². The molecule has 0 aliphatic carbocycles. The molecule has 0 heterocycles. The summed E-state index contributed by atoms with van der Waals surface area (Å²) in [4.78, 5) is 0. The van der Waals surface area contributed by atoms with Gasteiger partial charge in [-0.15, -0.1) is 0 Å². The van der Waals surface area contributed by atoms with Crippen molar-refractivity contribution in [1.82, 2.24) is 0 Å².